The van der Waals surface area contributed by atoms with Crippen molar-refractivity contribution in [1.29, 1.82) is 0 Å². The molecule has 18 heavy (non-hydrogen) atoms. The number of rotatable bonds is 4. The van der Waals surface area contributed by atoms with Crippen LogP contribution in [-0.4, -0.2) is 46.7 Å². The molecule has 1 aromatic rings. The number of likely N-dealkylation sites (tertiary alicyclic amines) is 1. The number of piperidine rings is 1. The fraction of sp³-hybridized carbons (Fsp3) is 0.583. The Kier molecular flexibility index (Phi) is 4.09. The third kappa shape index (κ3) is 3.66. The van der Waals surface area contributed by atoms with Gasteiger partial charge in [-0.1, -0.05) is 0 Å². The predicted molar refractivity (Wildman–Crippen MR) is 69.0 cm³/mol. The Hall–Kier alpha value is -1.69. The van der Waals surface area contributed by atoms with Crippen molar-refractivity contribution in [2.45, 2.75) is 25.8 Å². The van der Waals surface area contributed by atoms with Gasteiger partial charge in [-0.15, -0.1) is 5.10 Å². The van der Waals surface area contributed by atoms with Crippen molar-refractivity contribution in [3.63, 3.8) is 0 Å². The molecule has 1 amide bonds. The normalized spacial score (nSPS) is 17.6. The second-order valence-corrected chi connectivity index (χ2v) is 4.72. The molecule has 0 saturated carbocycles. The van der Waals surface area contributed by atoms with Gasteiger partial charge in [0.05, 0.1) is 12.2 Å². The van der Waals surface area contributed by atoms with Crippen LogP contribution in [0.5, 0.6) is 0 Å². The zero-order valence-electron chi connectivity index (χ0n) is 10.6. The minimum Gasteiger partial charge on any atom is -0.369 e. The Morgan fingerprint density at radius 2 is 2.17 bits per heavy atom. The van der Waals surface area contributed by atoms with Crippen LogP contribution in [0, 0.1) is 6.92 Å². The molecule has 1 aromatic heterocycles. The van der Waals surface area contributed by atoms with E-state index in [-0.39, 0.29) is 5.91 Å². The highest BCUT2D eigenvalue weighted by atomic mass is 16.1. The van der Waals surface area contributed by atoms with E-state index in [1.165, 1.54) is 0 Å². The lowest BCUT2D eigenvalue weighted by Crippen LogP contribution is -2.43. The van der Waals surface area contributed by atoms with E-state index in [9.17, 15) is 4.79 Å². The third-order valence-electron chi connectivity index (χ3n) is 3.12. The van der Waals surface area contributed by atoms with Gasteiger partial charge in [0.2, 0.25) is 5.91 Å². The second-order valence-electron chi connectivity index (χ2n) is 4.72. The fourth-order valence-corrected chi connectivity index (χ4v) is 2.14. The topological polar surface area (TPSA) is 84.1 Å². The lowest BCUT2D eigenvalue weighted by atomic mass is 10.1. The second kappa shape index (κ2) is 5.77. The van der Waals surface area contributed by atoms with Gasteiger partial charge in [0, 0.05) is 19.1 Å². The summed E-state index contributed by atoms with van der Waals surface area (Å²) in [7, 11) is 0. The molecule has 1 saturated heterocycles. The van der Waals surface area contributed by atoms with Crippen molar-refractivity contribution in [2.75, 3.05) is 25.0 Å². The Morgan fingerprint density at radius 3 is 2.72 bits per heavy atom. The molecule has 1 aliphatic rings. The van der Waals surface area contributed by atoms with Crippen molar-refractivity contribution in [2.24, 2.45) is 5.73 Å². The number of amides is 1. The summed E-state index contributed by atoms with van der Waals surface area (Å²) in [5.74, 6) is 0.555. The average molecular weight is 249 g/mol. The minimum absolute atomic E-state index is 0.259. The molecule has 0 aliphatic carbocycles. The summed E-state index contributed by atoms with van der Waals surface area (Å²) in [4.78, 5) is 12.9. The van der Waals surface area contributed by atoms with Gasteiger partial charge in [0.15, 0.2) is 0 Å². The van der Waals surface area contributed by atoms with Crippen LogP contribution >= 0.6 is 0 Å². The summed E-state index contributed by atoms with van der Waals surface area (Å²) in [6.45, 7) is 4.05. The van der Waals surface area contributed by atoms with Gasteiger partial charge in [-0.2, -0.15) is 5.10 Å². The van der Waals surface area contributed by atoms with Crippen molar-refractivity contribution in [3.05, 3.63) is 17.8 Å². The first kappa shape index (κ1) is 12.8. The standard InChI is InChI=1S/C12H19N5O/c1-9-2-3-12(16-15-9)14-10-4-6-17(7-5-10)8-11(13)18/h2-3,10H,4-8H2,1H3,(H2,13,18)(H,14,16). The molecular formula is C12H19N5O. The Morgan fingerprint density at radius 1 is 1.44 bits per heavy atom. The minimum atomic E-state index is -0.259. The molecule has 0 unspecified atom stereocenters. The number of nitrogens with one attached hydrogen (secondary N) is 1. The quantitative estimate of drug-likeness (QED) is 0.793. The number of anilines is 1. The first-order valence-electron chi connectivity index (χ1n) is 6.21. The highest BCUT2D eigenvalue weighted by Gasteiger charge is 2.20. The van der Waals surface area contributed by atoms with Crippen molar-refractivity contribution in [3.8, 4) is 0 Å². The Bertz CT molecular complexity index is 397. The Balaban J connectivity index is 1.79. The molecule has 0 bridgehead atoms. The summed E-state index contributed by atoms with van der Waals surface area (Å²) in [5.41, 5.74) is 6.09. The number of nitrogens with two attached hydrogens (primary N) is 1. The Labute approximate surface area is 107 Å². The van der Waals surface area contributed by atoms with Crippen LogP contribution in [0.1, 0.15) is 18.5 Å². The molecular weight excluding hydrogens is 230 g/mol. The van der Waals surface area contributed by atoms with Crippen molar-refractivity contribution < 1.29 is 4.79 Å². The third-order valence-corrected chi connectivity index (χ3v) is 3.12. The van der Waals surface area contributed by atoms with Crippen molar-refractivity contribution in [1.82, 2.24) is 15.1 Å². The SMILES string of the molecule is Cc1ccc(NC2CCN(CC(N)=O)CC2)nn1. The zero-order valence-corrected chi connectivity index (χ0v) is 10.6. The average Bonchev–Trinajstić information content (AvgIpc) is 2.34. The molecule has 2 heterocycles. The molecule has 3 N–H and O–H groups in total. The van der Waals surface area contributed by atoms with E-state index in [0.717, 1.165) is 37.4 Å². The molecule has 6 heteroatoms. The highest BCUT2D eigenvalue weighted by Crippen LogP contribution is 2.14. The highest BCUT2D eigenvalue weighted by molar-refractivity contribution is 5.75. The van der Waals surface area contributed by atoms with Gasteiger partial charge in [-0.25, -0.2) is 0 Å². The van der Waals surface area contributed by atoms with Crippen LogP contribution in [0.15, 0.2) is 12.1 Å². The largest absolute Gasteiger partial charge is 0.369 e. The van der Waals surface area contributed by atoms with E-state index in [2.05, 4.69) is 20.4 Å². The number of hydrogen-bond acceptors (Lipinski definition) is 5. The molecule has 1 fully saturated rings. The monoisotopic (exact) mass is 249 g/mol. The number of carbonyl (C=O) groups is 1. The van der Waals surface area contributed by atoms with E-state index >= 15 is 0 Å². The van der Waals surface area contributed by atoms with Gasteiger partial charge in [-0.05, 0) is 31.9 Å². The molecule has 98 valence electrons. The zero-order chi connectivity index (χ0) is 13.0. The summed E-state index contributed by atoms with van der Waals surface area (Å²) in [5, 5.41) is 11.5. The summed E-state index contributed by atoms with van der Waals surface area (Å²) < 4.78 is 0. The first-order chi connectivity index (χ1) is 8.63. The van der Waals surface area contributed by atoms with Gasteiger partial charge < -0.3 is 11.1 Å². The number of primary amides is 1. The molecule has 2 rings (SSSR count). The lowest BCUT2D eigenvalue weighted by molar-refractivity contribution is -0.119. The van der Waals surface area contributed by atoms with Gasteiger partial charge in [-0.3, -0.25) is 9.69 Å². The number of carbonyl (C=O) groups excluding carboxylic acids is 1. The van der Waals surface area contributed by atoms with Gasteiger partial charge in [0.1, 0.15) is 5.82 Å². The summed E-state index contributed by atoms with van der Waals surface area (Å²) in [6, 6.07) is 4.28. The van der Waals surface area contributed by atoms with E-state index in [0.29, 0.717) is 12.6 Å². The van der Waals surface area contributed by atoms with Crippen LogP contribution in [0.3, 0.4) is 0 Å². The van der Waals surface area contributed by atoms with E-state index in [1.807, 2.05) is 19.1 Å². The summed E-state index contributed by atoms with van der Waals surface area (Å²) in [6.07, 6.45) is 1.98. The summed E-state index contributed by atoms with van der Waals surface area (Å²) >= 11 is 0. The molecule has 6 nitrogen and oxygen atoms in total. The van der Waals surface area contributed by atoms with Crippen molar-refractivity contribution >= 4 is 11.7 Å². The van der Waals surface area contributed by atoms with Crippen LogP contribution in [0.4, 0.5) is 5.82 Å². The molecule has 0 radical (unpaired) electrons. The van der Waals surface area contributed by atoms with Crippen LogP contribution in [0.25, 0.3) is 0 Å². The molecule has 0 spiro atoms. The smallest absolute Gasteiger partial charge is 0.231 e. The van der Waals surface area contributed by atoms with E-state index < -0.39 is 0 Å². The van der Waals surface area contributed by atoms with E-state index in [1.54, 1.807) is 0 Å². The van der Waals surface area contributed by atoms with Crippen LogP contribution in [-0.2, 0) is 4.79 Å². The predicted octanol–water partition coefficient (Wildman–Crippen LogP) is 0.147. The van der Waals surface area contributed by atoms with Crippen LogP contribution in [0.2, 0.25) is 0 Å². The molecule has 1 aliphatic heterocycles. The number of aromatic nitrogens is 2. The maximum absolute atomic E-state index is 10.8. The molecule has 0 aromatic carbocycles. The van der Waals surface area contributed by atoms with Crippen LogP contribution < -0.4 is 11.1 Å². The van der Waals surface area contributed by atoms with Gasteiger partial charge >= 0.3 is 0 Å². The molecule has 0 atom stereocenters. The number of hydrogen-bond donors (Lipinski definition) is 2. The maximum atomic E-state index is 10.8. The number of aryl methyl sites for hydroxylation is 1. The van der Waals surface area contributed by atoms with E-state index in [4.69, 9.17) is 5.73 Å². The fourth-order valence-electron chi connectivity index (χ4n) is 2.14. The first-order valence-corrected chi connectivity index (χ1v) is 6.21. The lowest BCUT2D eigenvalue weighted by Gasteiger charge is -2.31. The van der Waals surface area contributed by atoms with Gasteiger partial charge in [0.25, 0.3) is 0 Å². The number of nitrogens with zero attached hydrogens (tertiary/aromatic N) is 3. The maximum Gasteiger partial charge on any atom is 0.231 e.